The Kier molecular flexibility index (Phi) is 30.6. The molecule has 0 bridgehead atoms. The summed E-state index contributed by atoms with van der Waals surface area (Å²) in [5, 5.41) is 18.3. The predicted molar refractivity (Wildman–Crippen MR) is 187 cm³/mol. The van der Waals surface area contributed by atoms with Gasteiger partial charge < -0.3 is 58.2 Å². The maximum atomic E-state index is 11.5. The van der Waals surface area contributed by atoms with Gasteiger partial charge in [0.1, 0.15) is 6.61 Å². The van der Waals surface area contributed by atoms with Crippen molar-refractivity contribution in [2.75, 3.05) is 60.3 Å². The number of nitrogens with one attached hydrogen (secondary N) is 1. The second kappa shape index (κ2) is 31.9. The highest BCUT2D eigenvalue weighted by Crippen LogP contribution is 2.10. The summed E-state index contributed by atoms with van der Waals surface area (Å²) in [7, 11) is 2.65. The number of esters is 8. The normalized spacial score (nSPS) is 21.2. The first-order valence-corrected chi connectivity index (χ1v) is 17.8. The van der Waals surface area contributed by atoms with Crippen LogP contribution in [0.1, 0.15) is 80.1 Å². The molecule has 3 N–H and O–H groups in total. The highest BCUT2D eigenvalue weighted by atomic mass is 16.7. The van der Waals surface area contributed by atoms with E-state index in [1.54, 1.807) is 13.8 Å². The minimum Gasteiger partial charge on any atom is -0.469 e. The number of aliphatic hydroxyl groups excluding tert-OH is 2. The molecule has 3 heterocycles. The number of ether oxygens (including phenoxy) is 9. The third-order valence-electron chi connectivity index (χ3n) is 6.99. The summed E-state index contributed by atoms with van der Waals surface area (Å²) >= 11 is 0. The van der Waals surface area contributed by atoms with E-state index in [2.05, 4.69) is 33.7 Å². The van der Waals surface area contributed by atoms with Crippen LogP contribution < -0.4 is 5.32 Å². The first-order valence-electron chi connectivity index (χ1n) is 17.8. The monoisotopic (exact) mass is 797 g/mol. The molecule has 318 valence electrons. The average molecular weight is 798 g/mol. The lowest BCUT2D eigenvalue weighted by Crippen LogP contribution is -2.40. The van der Waals surface area contributed by atoms with Crippen LogP contribution in [0.2, 0.25) is 0 Å². The van der Waals surface area contributed by atoms with Crippen LogP contribution in [0.25, 0.3) is 0 Å². The van der Waals surface area contributed by atoms with E-state index in [9.17, 15) is 38.4 Å². The Morgan fingerprint density at radius 2 is 1.18 bits per heavy atom. The highest BCUT2D eigenvalue weighted by molar-refractivity contribution is 5.87. The zero-order chi connectivity index (χ0) is 42.3. The maximum Gasteiger partial charge on any atom is 0.347 e. The van der Waals surface area contributed by atoms with Crippen LogP contribution in [-0.4, -0.2) is 149 Å². The summed E-state index contributed by atoms with van der Waals surface area (Å²) in [5.74, 6) is -3.25. The first-order chi connectivity index (χ1) is 25.9. The van der Waals surface area contributed by atoms with Crippen LogP contribution in [0, 0.1) is 5.92 Å². The Morgan fingerprint density at radius 1 is 0.709 bits per heavy atom. The van der Waals surface area contributed by atoms with Crippen LogP contribution in [0.5, 0.6) is 0 Å². The van der Waals surface area contributed by atoms with Crippen LogP contribution in [0.3, 0.4) is 0 Å². The third-order valence-corrected chi connectivity index (χ3v) is 6.99. The molecule has 0 spiro atoms. The van der Waals surface area contributed by atoms with Gasteiger partial charge in [0, 0.05) is 26.1 Å². The summed E-state index contributed by atoms with van der Waals surface area (Å²) in [6, 6.07) is 0. The number of carbonyl (C=O) groups is 8. The molecule has 20 nitrogen and oxygen atoms in total. The van der Waals surface area contributed by atoms with Gasteiger partial charge in [-0.15, -0.1) is 0 Å². The molecule has 55 heavy (non-hydrogen) atoms. The summed E-state index contributed by atoms with van der Waals surface area (Å²) in [6.45, 7) is 11.8. The first kappa shape index (κ1) is 52.7. The van der Waals surface area contributed by atoms with Gasteiger partial charge in [-0.1, -0.05) is 13.3 Å². The average Bonchev–Trinajstić information content (AvgIpc) is 3.41. The Hall–Kier alpha value is -4.40. The third kappa shape index (κ3) is 26.9. The molecule has 0 aliphatic carbocycles. The molecule has 3 rings (SSSR count). The predicted octanol–water partition coefficient (Wildman–Crippen LogP) is 0.0880. The van der Waals surface area contributed by atoms with Gasteiger partial charge in [0.05, 0.1) is 46.4 Å². The van der Waals surface area contributed by atoms with E-state index in [-0.39, 0.29) is 43.6 Å². The molecule has 3 unspecified atom stereocenters. The van der Waals surface area contributed by atoms with Crippen molar-refractivity contribution in [3.63, 3.8) is 0 Å². The molecule has 6 atom stereocenters. The number of aliphatic hydroxyl groups is 2. The van der Waals surface area contributed by atoms with Crippen molar-refractivity contribution < 1.29 is 91.2 Å². The fraction of sp³-hybridized carbons (Fsp3) is 0.771. The molecule has 3 saturated heterocycles. The maximum absolute atomic E-state index is 11.5. The number of methoxy groups -OCH3 is 2. The Morgan fingerprint density at radius 3 is 1.62 bits per heavy atom. The van der Waals surface area contributed by atoms with Crippen LogP contribution in [0.4, 0.5) is 0 Å². The summed E-state index contributed by atoms with van der Waals surface area (Å²) in [4.78, 5) is 86.8. The molecular formula is C35H59NO19. The number of cyclic esters (lactones) is 5. The smallest absolute Gasteiger partial charge is 0.347 e. The van der Waals surface area contributed by atoms with Gasteiger partial charge in [-0.2, -0.15) is 0 Å². The Labute approximate surface area is 321 Å². The minimum absolute atomic E-state index is 0.0880. The van der Waals surface area contributed by atoms with E-state index in [0.717, 1.165) is 25.9 Å². The van der Waals surface area contributed by atoms with Crippen LogP contribution in [0.15, 0.2) is 0 Å². The van der Waals surface area contributed by atoms with Crippen molar-refractivity contribution in [1.82, 2.24) is 5.32 Å². The van der Waals surface area contributed by atoms with Gasteiger partial charge in [-0.05, 0) is 53.9 Å². The zero-order valence-electron chi connectivity index (χ0n) is 33.0. The molecule has 0 amide bonds. The number of hydrogen-bond donors (Lipinski definition) is 3. The fourth-order valence-corrected chi connectivity index (χ4v) is 3.68. The van der Waals surface area contributed by atoms with E-state index < -0.39 is 60.4 Å². The zero-order valence-corrected chi connectivity index (χ0v) is 33.0. The van der Waals surface area contributed by atoms with E-state index in [1.807, 2.05) is 0 Å². The van der Waals surface area contributed by atoms with Crippen molar-refractivity contribution >= 4 is 47.8 Å². The lowest BCUT2D eigenvalue weighted by atomic mass is 10.1. The van der Waals surface area contributed by atoms with Gasteiger partial charge >= 0.3 is 47.8 Å². The summed E-state index contributed by atoms with van der Waals surface area (Å²) < 4.78 is 42.6. The van der Waals surface area contributed by atoms with Gasteiger partial charge in [-0.3, -0.25) is 14.4 Å². The van der Waals surface area contributed by atoms with E-state index in [1.165, 1.54) is 41.9 Å². The SMILES string of the molecule is CC1OC(=O)C(C)OC1=O.COC(=O)C(C)OCCCCCC(=O)OCC[C@@H](C)C(=O)OC.C[C@@H]1OC(=O)[C@H](C)OC1=O.O=C1CCNCCO1.OCCO. The molecule has 3 aliphatic heterocycles. The number of carbonyl (C=O) groups excluding carboxylic acids is 8. The molecule has 0 aromatic rings. The molecular weight excluding hydrogens is 738 g/mol. The molecule has 0 saturated carbocycles. The van der Waals surface area contributed by atoms with Gasteiger partial charge in [0.25, 0.3) is 0 Å². The molecule has 20 heteroatoms. The van der Waals surface area contributed by atoms with Crippen molar-refractivity contribution in [1.29, 1.82) is 0 Å². The molecule has 0 radical (unpaired) electrons. The number of hydrogen-bond acceptors (Lipinski definition) is 20. The molecule has 3 fully saturated rings. The molecule has 0 aromatic heterocycles. The standard InChI is InChI=1S/C16H28O7.2C6H8O4.C5H9NO2.C2H6O2/c1-12(15(18)20-3)9-11-23-14(17)8-6-5-7-10-22-13(2)16(19)21-4;2*1-3-5(7)10-4(2)6(8)9-3;7-5-1-2-6-3-4-8-5;3-1-2-4/h12-13H,5-11H2,1-4H3;2*3-4H,1-2H3;6H,1-4H2;3-4H,1-2H2/t12-,13?;3-,4-;;;/m10.../s1. The van der Waals surface area contributed by atoms with Gasteiger partial charge in [-0.25, -0.2) is 24.0 Å². The van der Waals surface area contributed by atoms with Crippen molar-refractivity contribution in [2.24, 2.45) is 5.92 Å². The fourth-order valence-electron chi connectivity index (χ4n) is 3.68. The Balaban J connectivity index is 0. The second-order valence-corrected chi connectivity index (χ2v) is 11.8. The molecule has 3 aliphatic rings. The molecule has 0 aromatic carbocycles. The lowest BCUT2D eigenvalue weighted by molar-refractivity contribution is -0.191. The van der Waals surface area contributed by atoms with Crippen molar-refractivity contribution in [3.8, 4) is 0 Å². The van der Waals surface area contributed by atoms with Crippen molar-refractivity contribution in [3.05, 3.63) is 0 Å². The minimum atomic E-state index is -0.747. The summed E-state index contributed by atoms with van der Waals surface area (Å²) in [6.07, 6.45) is 0.00912. The quantitative estimate of drug-likeness (QED) is 0.127. The second-order valence-electron chi connectivity index (χ2n) is 11.8. The van der Waals surface area contributed by atoms with Gasteiger partial charge in [0.2, 0.25) is 0 Å². The van der Waals surface area contributed by atoms with Crippen LogP contribution in [-0.2, 0) is 81.0 Å². The summed E-state index contributed by atoms with van der Waals surface area (Å²) in [5.41, 5.74) is 0. The van der Waals surface area contributed by atoms with E-state index >= 15 is 0 Å². The number of rotatable bonds is 13. The topological polar surface area (TPSA) is 272 Å². The number of unbranched alkanes of at least 4 members (excludes halogenated alkanes) is 2. The Bertz CT molecular complexity index is 1090. The van der Waals surface area contributed by atoms with E-state index in [0.29, 0.717) is 38.9 Å². The largest absolute Gasteiger partial charge is 0.469 e. The van der Waals surface area contributed by atoms with E-state index in [4.69, 9.17) is 24.4 Å². The van der Waals surface area contributed by atoms with Crippen molar-refractivity contribution in [2.45, 2.75) is 111 Å². The highest BCUT2D eigenvalue weighted by Gasteiger charge is 2.33. The van der Waals surface area contributed by atoms with Crippen LogP contribution >= 0.6 is 0 Å². The van der Waals surface area contributed by atoms with Gasteiger partial charge in [0.15, 0.2) is 30.5 Å². The lowest BCUT2D eigenvalue weighted by Gasteiger charge is -2.22.